The van der Waals surface area contributed by atoms with Crippen LogP contribution in [-0.2, 0) is 32.5 Å². The van der Waals surface area contributed by atoms with Gasteiger partial charge in [-0.15, -0.1) is 11.3 Å². The second-order valence-corrected chi connectivity index (χ2v) is 12.9. The van der Waals surface area contributed by atoms with E-state index < -0.39 is 28.0 Å². The predicted molar refractivity (Wildman–Crippen MR) is 143 cm³/mol. The Hall–Kier alpha value is -2.96. The smallest absolute Gasteiger partial charge is 0.410 e. The van der Waals surface area contributed by atoms with Crippen LogP contribution in [0, 0.1) is 11.8 Å². The molecule has 0 bridgehead atoms. The standard InChI is InChI=1S/C26H33N3O7S2/c1-5-36-26(32)28-11-10-20-21(15-28)37-24(22(20)25(31)35-4)27-23(30)18-6-8-19(9-7-18)38(33,34)29-13-16(2)12-17(3)14-29/h6-9,16-17H,5,10-15H2,1-4H3,(H,27,30)/t16-,17-/m0/s1. The molecule has 0 radical (unpaired) electrons. The highest BCUT2D eigenvalue weighted by Crippen LogP contribution is 2.38. The molecule has 2 aliphatic heterocycles. The molecular weight excluding hydrogens is 530 g/mol. The molecule has 1 aromatic carbocycles. The van der Waals surface area contributed by atoms with Crippen LogP contribution in [0.15, 0.2) is 29.2 Å². The molecule has 12 heteroatoms. The Labute approximate surface area is 226 Å². The third kappa shape index (κ3) is 5.71. The van der Waals surface area contributed by atoms with Crippen molar-refractivity contribution in [2.24, 2.45) is 11.8 Å². The molecule has 0 saturated carbocycles. The van der Waals surface area contributed by atoms with E-state index in [1.54, 1.807) is 11.8 Å². The molecule has 1 fully saturated rings. The van der Waals surface area contributed by atoms with Crippen molar-refractivity contribution in [3.8, 4) is 0 Å². The summed E-state index contributed by atoms with van der Waals surface area (Å²) < 4.78 is 37.9. The lowest BCUT2D eigenvalue weighted by molar-refractivity contribution is 0.0600. The van der Waals surface area contributed by atoms with Crippen LogP contribution in [0.25, 0.3) is 0 Å². The predicted octanol–water partition coefficient (Wildman–Crippen LogP) is 3.97. The molecule has 0 unspecified atom stereocenters. The van der Waals surface area contributed by atoms with Crippen molar-refractivity contribution < 1.29 is 32.3 Å². The van der Waals surface area contributed by atoms with Gasteiger partial charge >= 0.3 is 12.1 Å². The normalized spacial score (nSPS) is 19.9. The SMILES string of the molecule is CCOC(=O)N1CCc2c(sc(NC(=O)c3ccc(S(=O)(=O)N4C[C@@H](C)C[C@H](C)C4)cc3)c2C(=O)OC)C1. The van der Waals surface area contributed by atoms with Gasteiger partial charge in [-0.2, -0.15) is 4.31 Å². The molecule has 1 saturated heterocycles. The van der Waals surface area contributed by atoms with Crippen molar-refractivity contribution in [3.63, 3.8) is 0 Å². The number of nitrogens with one attached hydrogen (secondary N) is 1. The van der Waals surface area contributed by atoms with Crippen molar-refractivity contribution >= 4 is 44.3 Å². The maximum absolute atomic E-state index is 13.2. The molecule has 10 nitrogen and oxygen atoms in total. The van der Waals surface area contributed by atoms with Crippen molar-refractivity contribution in [3.05, 3.63) is 45.8 Å². The van der Waals surface area contributed by atoms with Crippen LogP contribution in [-0.4, -0.2) is 68.9 Å². The van der Waals surface area contributed by atoms with Crippen LogP contribution >= 0.6 is 11.3 Å². The van der Waals surface area contributed by atoms with Gasteiger partial charge in [-0.05, 0) is 61.4 Å². The maximum atomic E-state index is 13.2. The third-order valence-corrected chi connectivity index (χ3v) is 9.77. The van der Waals surface area contributed by atoms with E-state index in [1.807, 2.05) is 13.8 Å². The van der Waals surface area contributed by atoms with Gasteiger partial charge in [0, 0.05) is 30.1 Å². The lowest BCUT2D eigenvalue weighted by atomic mass is 9.94. The Balaban J connectivity index is 1.54. The summed E-state index contributed by atoms with van der Waals surface area (Å²) in [6.07, 6.45) is 0.983. The van der Waals surface area contributed by atoms with Gasteiger partial charge < -0.3 is 19.7 Å². The highest BCUT2D eigenvalue weighted by atomic mass is 32.2. The average molecular weight is 564 g/mol. The zero-order valence-electron chi connectivity index (χ0n) is 22.0. The molecule has 2 atom stereocenters. The minimum absolute atomic E-state index is 0.135. The van der Waals surface area contributed by atoms with Gasteiger partial charge in [-0.1, -0.05) is 13.8 Å². The molecule has 0 spiro atoms. The second-order valence-electron chi connectivity index (χ2n) is 9.82. The fraction of sp³-hybridized carbons (Fsp3) is 0.500. The molecule has 2 aliphatic rings. The zero-order valence-corrected chi connectivity index (χ0v) is 23.6. The van der Waals surface area contributed by atoms with E-state index in [0.29, 0.717) is 31.1 Å². The summed E-state index contributed by atoms with van der Waals surface area (Å²) >= 11 is 1.21. The fourth-order valence-corrected chi connectivity index (χ4v) is 8.01. The van der Waals surface area contributed by atoms with Crippen molar-refractivity contribution in [2.45, 2.75) is 45.1 Å². The second kappa shape index (κ2) is 11.4. The number of nitrogens with zero attached hydrogens (tertiary/aromatic N) is 2. The number of anilines is 1. The van der Waals surface area contributed by atoms with E-state index in [0.717, 1.165) is 16.9 Å². The van der Waals surface area contributed by atoms with E-state index in [1.165, 1.54) is 47.0 Å². The number of hydrogen-bond acceptors (Lipinski definition) is 8. The largest absolute Gasteiger partial charge is 0.465 e. The summed E-state index contributed by atoms with van der Waals surface area (Å²) in [5.41, 5.74) is 1.26. The maximum Gasteiger partial charge on any atom is 0.410 e. The van der Waals surface area contributed by atoms with Crippen LogP contribution in [0.1, 0.15) is 58.3 Å². The number of thiophene rings is 1. The van der Waals surface area contributed by atoms with Crippen LogP contribution in [0.5, 0.6) is 0 Å². The van der Waals surface area contributed by atoms with Crippen LogP contribution in [0.3, 0.4) is 0 Å². The molecule has 1 N–H and O–H groups in total. The highest BCUT2D eigenvalue weighted by molar-refractivity contribution is 7.89. The number of carbonyl (C=O) groups is 3. The molecule has 0 aliphatic carbocycles. The quantitative estimate of drug-likeness (QED) is 0.528. The number of ether oxygens (including phenoxy) is 2. The van der Waals surface area contributed by atoms with Crippen molar-refractivity contribution in [1.82, 2.24) is 9.21 Å². The first-order chi connectivity index (χ1) is 18.0. The van der Waals surface area contributed by atoms with Crippen LogP contribution < -0.4 is 5.32 Å². The molecule has 38 heavy (non-hydrogen) atoms. The van der Waals surface area contributed by atoms with Gasteiger partial charge in [0.25, 0.3) is 5.91 Å². The molecular formula is C26H33N3O7S2. The highest BCUT2D eigenvalue weighted by Gasteiger charge is 2.33. The summed E-state index contributed by atoms with van der Waals surface area (Å²) in [5, 5.41) is 3.11. The molecule has 2 amide bonds. The van der Waals surface area contributed by atoms with Crippen LogP contribution in [0.4, 0.5) is 9.80 Å². The Morgan fingerprint density at radius 3 is 2.37 bits per heavy atom. The van der Waals surface area contributed by atoms with Gasteiger partial charge in [-0.25, -0.2) is 18.0 Å². The summed E-state index contributed by atoms with van der Waals surface area (Å²) in [7, 11) is -2.40. The van der Waals surface area contributed by atoms with Gasteiger partial charge in [-0.3, -0.25) is 4.79 Å². The molecule has 206 valence electrons. The number of sulfonamides is 1. The van der Waals surface area contributed by atoms with Gasteiger partial charge in [0.05, 0.1) is 30.7 Å². The third-order valence-electron chi connectivity index (χ3n) is 6.79. The van der Waals surface area contributed by atoms with E-state index in [2.05, 4.69) is 5.32 Å². The van der Waals surface area contributed by atoms with E-state index in [-0.39, 0.29) is 41.0 Å². The number of carbonyl (C=O) groups excluding carboxylic acids is 3. The fourth-order valence-electron chi connectivity index (χ4n) is 5.08. The average Bonchev–Trinajstić information content (AvgIpc) is 3.24. The van der Waals surface area contributed by atoms with Gasteiger partial charge in [0.1, 0.15) is 5.00 Å². The van der Waals surface area contributed by atoms with E-state index in [4.69, 9.17) is 9.47 Å². The Morgan fingerprint density at radius 2 is 1.76 bits per heavy atom. The van der Waals surface area contributed by atoms with Crippen molar-refractivity contribution in [1.29, 1.82) is 0 Å². The summed E-state index contributed by atoms with van der Waals surface area (Å²) in [4.78, 5) is 40.4. The number of methoxy groups -OCH3 is 1. The summed E-state index contributed by atoms with van der Waals surface area (Å²) in [6, 6.07) is 5.80. The van der Waals surface area contributed by atoms with Crippen molar-refractivity contribution in [2.75, 3.05) is 38.7 Å². The summed E-state index contributed by atoms with van der Waals surface area (Å²) in [5.74, 6) is -0.499. The Morgan fingerprint density at radius 1 is 1.11 bits per heavy atom. The Kier molecular flexibility index (Phi) is 8.43. The molecule has 2 aromatic rings. The van der Waals surface area contributed by atoms with E-state index in [9.17, 15) is 22.8 Å². The van der Waals surface area contributed by atoms with E-state index >= 15 is 0 Å². The first-order valence-corrected chi connectivity index (χ1v) is 14.9. The molecule has 1 aromatic heterocycles. The van der Waals surface area contributed by atoms with Gasteiger partial charge in [0.2, 0.25) is 10.0 Å². The van der Waals surface area contributed by atoms with Crippen LogP contribution in [0.2, 0.25) is 0 Å². The zero-order chi connectivity index (χ0) is 27.6. The number of piperidine rings is 1. The minimum Gasteiger partial charge on any atom is -0.465 e. The molecule has 3 heterocycles. The number of rotatable bonds is 6. The topological polar surface area (TPSA) is 122 Å². The monoisotopic (exact) mass is 563 g/mol. The molecule has 4 rings (SSSR count). The number of amides is 2. The lowest BCUT2D eigenvalue weighted by Gasteiger charge is -2.34. The minimum atomic E-state index is -3.67. The first-order valence-electron chi connectivity index (χ1n) is 12.6. The Bertz CT molecular complexity index is 1310. The number of benzene rings is 1. The number of esters is 1. The first kappa shape index (κ1) is 28.1. The number of fused-ring (bicyclic) bond motifs is 1. The summed E-state index contributed by atoms with van der Waals surface area (Å²) in [6.45, 7) is 7.68. The van der Waals surface area contributed by atoms with Gasteiger partial charge in [0.15, 0.2) is 0 Å². The number of hydrogen-bond donors (Lipinski definition) is 1. The lowest BCUT2D eigenvalue weighted by Crippen LogP contribution is -2.42.